The van der Waals surface area contributed by atoms with Crippen molar-refractivity contribution in [3.05, 3.63) is 46.1 Å². The van der Waals surface area contributed by atoms with Crippen LogP contribution in [0, 0.1) is 0 Å². The molecule has 0 aliphatic rings. The third-order valence-corrected chi connectivity index (χ3v) is 2.33. The molecule has 0 bridgehead atoms. The van der Waals surface area contributed by atoms with E-state index < -0.39 is 17.6 Å². The highest BCUT2D eigenvalue weighted by atomic mass is 16.4. The van der Waals surface area contributed by atoms with Crippen molar-refractivity contribution in [3.8, 4) is 5.75 Å². The van der Waals surface area contributed by atoms with Gasteiger partial charge < -0.3 is 25.5 Å². The van der Waals surface area contributed by atoms with Crippen LogP contribution in [0.15, 0.2) is 29.2 Å². The minimum absolute atomic E-state index is 0.00767. The summed E-state index contributed by atoms with van der Waals surface area (Å²) >= 11 is 0. The number of nitrogens with one attached hydrogen (secondary N) is 3. The molecule has 19 heavy (non-hydrogen) atoms. The molecule has 0 aliphatic heterocycles. The lowest BCUT2D eigenvalue weighted by Gasteiger charge is -2.06. The van der Waals surface area contributed by atoms with Crippen molar-refractivity contribution < 1.29 is 19.8 Å². The Morgan fingerprint density at radius 2 is 2.00 bits per heavy atom. The zero-order valence-electron chi connectivity index (χ0n) is 9.43. The van der Waals surface area contributed by atoms with Gasteiger partial charge in [-0.15, -0.1) is 0 Å². The van der Waals surface area contributed by atoms with Crippen LogP contribution in [0.5, 0.6) is 5.75 Å². The van der Waals surface area contributed by atoms with Crippen LogP contribution in [0.3, 0.4) is 0 Å². The topological polar surface area (TPSA) is 135 Å². The van der Waals surface area contributed by atoms with Crippen molar-refractivity contribution in [1.82, 2.24) is 9.97 Å². The summed E-state index contributed by atoms with van der Waals surface area (Å²) in [5.41, 5.74) is -0.607. The summed E-state index contributed by atoms with van der Waals surface area (Å²) in [6.45, 7) is 0. The van der Waals surface area contributed by atoms with E-state index in [-0.39, 0.29) is 22.7 Å². The number of phenols is 1. The maximum absolute atomic E-state index is 11.7. The van der Waals surface area contributed by atoms with Gasteiger partial charge in [0.05, 0.1) is 11.3 Å². The number of aromatic amines is 2. The van der Waals surface area contributed by atoms with Crippen molar-refractivity contribution >= 4 is 17.6 Å². The largest absolute Gasteiger partial charge is 0.506 e. The minimum atomic E-state index is -1.19. The monoisotopic (exact) mass is 263 g/mol. The molecule has 1 aromatic carbocycles. The molecule has 0 saturated heterocycles. The van der Waals surface area contributed by atoms with E-state index in [2.05, 4.69) is 15.3 Å². The molecule has 0 atom stereocenters. The quantitative estimate of drug-likeness (QED) is 0.509. The zero-order valence-corrected chi connectivity index (χ0v) is 9.43. The number of hydrogen-bond donors (Lipinski definition) is 5. The van der Waals surface area contributed by atoms with Gasteiger partial charge in [-0.1, -0.05) is 0 Å². The molecule has 5 N–H and O–H groups in total. The van der Waals surface area contributed by atoms with Crippen LogP contribution in [0.1, 0.15) is 20.8 Å². The Bertz CT molecular complexity index is 700. The van der Waals surface area contributed by atoms with E-state index in [1.165, 1.54) is 18.3 Å². The molecule has 8 heteroatoms. The molecule has 8 nitrogen and oxygen atoms in total. The summed E-state index contributed by atoms with van der Waals surface area (Å²) in [4.78, 5) is 37.7. The van der Waals surface area contributed by atoms with Crippen LogP contribution < -0.4 is 11.0 Å². The number of anilines is 1. The second kappa shape index (κ2) is 4.69. The highest BCUT2D eigenvalue weighted by Gasteiger charge is 2.12. The highest BCUT2D eigenvalue weighted by Crippen LogP contribution is 2.24. The number of aromatic carboxylic acids is 1. The number of aromatic hydroxyl groups is 1. The average molecular weight is 263 g/mol. The molecule has 0 saturated carbocycles. The Labute approximate surface area is 105 Å². The normalized spacial score (nSPS) is 10.1. The number of carbonyl (C=O) groups is 2. The fraction of sp³-hybridized carbons (Fsp3) is 0. The molecule has 98 valence electrons. The van der Waals surface area contributed by atoms with Crippen LogP contribution >= 0.6 is 0 Å². The van der Waals surface area contributed by atoms with E-state index >= 15 is 0 Å². The van der Waals surface area contributed by atoms with Crippen LogP contribution in [-0.4, -0.2) is 32.1 Å². The van der Waals surface area contributed by atoms with Gasteiger partial charge in [-0.2, -0.15) is 0 Å². The van der Waals surface area contributed by atoms with Crippen LogP contribution in [0.25, 0.3) is 0 Å². The van der Waals surface area contributed by atoms with E-state index in [0.29, 0.717) is 0 Å². The number of carboxylic acid groups (broad SMARTS) is 1. The smallest absolute Gasteiger partial charge is 0.335 e. The number of carbonyl (C=O) groups excluding carboxylic acids is 1. The lowest BCUT2D eigenvalue weighted by molar-refractivity contribution is 0.0696. The van der Waals surface area contributed by atoms with Gasteiger partial charge in [0.2, 0.25) is 0 Å². The standard InChI is InChI=1S/C11H9N3O5/c15-8-3-5(10(17)18)1-2-6(8)13-9(16)7-4-12-11(19)14-7/h1-4,15H,(H,13,16)(H,17,18)(H2,12,14,19). The fourth-order valence-electron chi connectivity index (χ4n) is 1.41. The molecule has 2 rings (SSSR count). The van der Waals surface area contributed by atoms with Gasteiger partial charge in [0, 0.05) is 6.20 Å². The summed E-state index contributed by atoms with van der Waals surface area (Å²) in [7, 11) is 0. The van der Waals surface area contributed by atoms with Gasteiger partial charge in [0.15, 0.2) is 0 Å². The van der Waals surface area contributed by atoms with Crippen molar-refractivity contribution in [2.45, 2.75) is 0 Å². The number of benzene rings is 1. The number of rotatable bonds is 3. The molecular weight excluding hydrogens is 254 g/mol. The zero-order chi connectivity index (χ0) is 14.0. The van der Waals surface area contributed by atoms with Crippen molar-refractivity contribution in [1.29, 1.82) is 0 Å². The predicted molar refractivity (Wildman–Crippen MR) is 64.4 cm³/mol. The lowest BCUT2D eigenvalue weighted by Crippen LogP contribution is -2.14. The summed E-state index contributed by atoms with van der Waals surface area (Å²) in [6.07, 6.45) is 1.18. The van der Waals surface area contributed by atoms with Crippen molar-refractivity contribution in [3.63, 3.8) is 0 Å². The second-order valence-corrected chi connectivity index (χ2v) is 3.65. The van der Waals surface area contributed by atoms with E-state index in [4.69, 9.17) is 5.11 Å². The van der Waals surface area contributed by atoms with Gasteiger partial charge in [-0.25, -0.2) is 9.59 Å². The predicted octanol–water partition coefficient (Wildman–Crippen LogP) is 0.359. The number of hydrogen-bond acceptors (Lipinski definition) is 4. The van der Waals surface area contributed by atoms with Gasteiger partial charge in [-0.3, -0.25) is 4.79 Å². The van der Waals surface area contributed by atoms with Gasteiger partial charge in [-0.05, 0) is 18.2 Å². The maximum Gasteiger partial charge on any atom is 0.335 e. The Kier molecular flexibility index (Phi) is 3.06. The molecule has 0 unspecified atom stereocenters. The van der Waals surface area contributed by atoms with Gasteiger partial charge in [0.1, 0.15) is 11.4 Å². The number of H-pyrrole nitrogens is 2. The number of amides is 1. The molecular formula is C11H9N3O5. The Morgan fingerprint density at radius 3 is 2.53 bits per heavy atom. The highest BCUT2D eigenvalue weighted by molar-refractivity contribution is 6.03. The first-order chi connectivity index (χ1) is 8.97. The van der Waals surface area contributed by atoms with Crippen molar-refractivity contribution in [2.75, 3.05) is 5.32 Å². The maximum atomic E-state index is 11.7. The molecule has 1 heterocycles. The molecule has 0 aliphatic carbocycles. The Hall–Kier alpha value is -3.03. The number of phenolic OH excluding ortho intramolecular Hbond substituents is 1. The summed E-state index contributed by atoms with van der Waals surface area (Å²) in [6, 6.07) is 3.50. The molecule has 0 radical (unpaired) electrons. The Morgan fingerprint density at radius 1 is 1.26 bits per heavy atom. The SMILES string of the molecule is O=C(O)c1ccc(NC(=O)c2c[nH]c(=O)[nH]2)c(O)c1. The van der Waals surface area contributed by atoms with Crippen molar-refractivity contribution in [2.24, 2.45) is 0 Å². The molecule has 1 amide bonds. The molecule has 2 aromatic rings. The first-order valence-electron chi connectivity index (χ1n) is 5.12. The molecule has 1 aromatic heterocycles. The summed E-state index contributed by atoms with van der Waals surface area (Å²) < 4.78 is 0. The van der Waals surface area contributed by atoms with E-state index in [1.54, 1.807) is 0 Å². The Balaban J connectivity index is 2.22. The fourth-order valence-corrected chi connectivity index (χ4v) is 1.41. The van der Waals surface area contributed by atoms with E-state index in [1.807, 2.05) is 0 Å². The first-order valence-corrected chi connectivity index (χ1v) is 5.12. The lowest BCUT2D eigenvalue weighted by atomic mass is 10.2. The van der Waals surface area contributed by atoms with Crippen LogP contribution in [-0.2, 0) is 0 Å². The number of aromatic nitrogens is 2. The second-order valence-electron chi connectivity index (χ2n) is 3.65. The van der Waals surface area contributed by atoms with Crippen LogP contribution in [0.4, 0.5) is 5.69 Å². The third-order valence-electron chi connectivity index (χ3n) is 2.33. The minimum Gasteiger partial charge on any atom is -0.506 e. The van der Waals surface area contributed by atoms with E-state index in [0.717, 1.165) is 6.07 Å². The third kappa shape index (κ3) is 2.63. The summed E-state index contributed by atoms with van der Waals surface area (Å²) in [5, 5.41) is 20.6. The van der Waals surface area contributed by atoms with E-state index in [9.17, 15) is 19.5 Å². The molecule has 0 fully saturated rings. The van der Waals surface area contributed by atoms with Gasteiger partial charge in [0.25, 0.3) is 5.91 Å². The number of imidazole rings is 1. The first kappa shape index (κ1) is 12.4. The molecule has 0 spiro atoms. The number of carboxylic acids is 1. The summed E-state index contributed by atoms with van der Waals surface area (Å²) in [5.74, 6) is -2.22. The van der Waals surface area contributed by atoms with Gasteiger partial charge >= 0.3 is 11.7 Å². The van der Waals surface area contributed by atoms with Crippen LogP contribution in [0.2, 0.25) is 0 Å². The average Bonchev–Trinajstić information content (AvgIpc) is 2.78.